The summed E-state index contributed by atoms with van der Waals surface area (Å²) in [6.45, 7) is 0.724. The number of amides is 1. The maximum Gasteiger partial charge on any atom is 0.226 e. The van der Waals surface area contributed by atoms with Crippen molar-refractivity contribution in [2.24, 2.45) is 5.73 Å². The summed E-state index contributed by atoms with van der Waals surface area (Å²) in [4.78, 5) is 20.4. The highest BCUT2D eigenvalue weighted by Crippen LogP contribution is 2.23. The normalized spacial score (nSPS) is 10.5. The molecule has 0 spiro atoms. The van der Waals surface area contributed by atoms with E-state index in [1.807, 2.05) is 23.6 Å². The monoisotopic (exact) mass is 304 g/mol. The smallest absolute Gasteiger partial charge is 0.226 e. The van der Waals surface area contributed by atoms with Gasteiger partial charge in [0.15, 0.2) is 5.13 Å². The number of nitrogens with two attached hydrogens (primary N) is 1. The Morgan fingerprint density at radius 1 is 1.19 bits per heavy atom. The zero-order valence-electron chi connectivity index (χ0n) is 11.9. The number of nitrogens with zero attached hydrogens (tertiary/aromatic N) is 2. The molecule has 3 N–H and O–H groups in total. The number of nitrogens with one attached hydrogen (secondary N) is 1. The van der Waals surface area contributed by atoms with Gasteiger partial charge in [-0.3, -0.25) is 9.78 Å². The van der Waals surface area contributed by atoms with Crippen LogP contribution in [0.1, 0.15) is 32.1 Å². The van der Waals surface area contributed by atoms with Crippen LogP contribution in [0.5, 0.6) is 0 Å². The lowest BCUT2D eigenvalue weighted by Gasteiger charge is -2.01. The molecular formula is C15H20N4OS. The minimum atomic E-state index is 0.0182. The van der Waals surface area contributed by atoms with E-state index < -0.39 is 0 Å². The Labute approximate surface area is 128 Å². The minimum Gasteiger partial charge on any atom is -0.330 e. The summed E-state index contributed by atoms with van der Waals surface area (Å²) < 4.78 is 0. The fourth-order valence-corrected chi connectivity index (χ4v) is 2.65. The molecule has 0 saturated carbocycles. The number of carbonyl (C=O) groups is 1. The lowest BCUT2D eigenvalue weighted by Crippen LogP contribution is -2.10. The fourth-order valence-electron chi connectivity index (χ4n) is 1.93. The molecule has 0 aliphatic rings. The van der Waals surface area contributed by atoms with E-state index in [1.54, 1.807) is 6.20 Å². The number of unbranched alkanes of at least 4 members (excludes halogenated alkanes) is 3. The van der Waals surface area contributed by atoms with Gasteiger partial charge < -0.3 is 11.1 Å². The van der Waals surface area contributed by atoms with Gasteiger partial charge in [0.2, 0.25) is 5.91 Å². The van der Waals surface area contributed by atoms with Gasteiger partial charge in [-0.05, 0) is 31.5 Å². The molecule has 1 amide bonds. The highest BCUT2D eigenvalue weighted by Gasteiger charge is 2.08. The second kappa shape index (κ2) is 8.49. The van der Waals surface area contributed by atoms with Crippen molar-refractivity contribution >= 4 is 22.4 Å². The van der Waals surface area contributed by atoms with E-state index in [-0.39, 0.29) is 5.91 Å². The predicted molar refractivity (Wildman–Crippen MR) is 86.1 cm³/mol. The van der Waals surface area contributed by atoms with Gasteiger partial charge in [-0.15, -0.1) is 11.3 Å². The van der Waals surface area contributed by atoms with Crippen molar-refractivity contribution in [2.75, 3.05) is 11.9 Å². The zero-order valence-corrected chi connectivity index (χ0v) is 12.7. The topological polar surface area (TPSA) is 80.9 Å². The maximum atomic E-state index is 11.8. The van der Waals surface area contributed by atoms with Crippen LogP contribution in [0.3, 0.4) is 0 Å². The highest BCUT2D eigenvalue weighted by molar-refractivity contribution is 7.14. The summed E-state index contributed by atoms with van der Waals surface area (Å²) in [5, 5.41) is 5.37. The number of rotatable bonds is 8. The summed E-state index contributed by atoms with van der Waals surface area (Å²) in [6.07, 6.45) is 6.32. The molecule has 2 aromatic rings. The number of anilines is 1. The van der Waals surface area contributed by atoms with E-state index >= 15 is 0 Å². The van der Waals surface area contributed by atoms with Crippen molar-refractivity contribution in [3.05, 3.63) is 29.8 Å². The van der Waals surface area contributed by atoms with Gasteiger partial charge in [0.1, 0.15) is 5.69 Å². The van der Waals surface area contributed by atoms with E-state index in [0.29, 0.717) is 11.6 Å². The second-order valence-corrected chi connectivity index (χ2v) is 5.61. The highest BCUT2D eigenvalue weighted by atomic mass is 32.1. The van der Waals surface area contributed by atoms with Crippen LogP contribution in [0.2, 0.25) is 0 Å². The quantitative estimate of drug-likeness (QED) is 0.734. The van der Waals surface area contributed by atoms with Gasteiger partial charge in [0.25, 0.3) is 0 Å². The Morgan fingerprint density at radius 3 is 2.81 bits per heavy atom. The molecule has 6 heteroatoms. The summed E-state index contributed by atoms with van der Waals surface area (Å²) in [5.41, 5.74) is 7.04. The van der Waals surface area contributed by atoms with Gasteiger partial charge in [-0.2, -0.15) is 0 Å². The molecule has 21 heavy (non-hydrogen) atoms. The van der Waals surface area contributed by atoms with Crippen LogP contribution in [0, 0.1) is 0 Å². The Bertz CT molecular complexity index is 556. The third-order valence-electron chi connectivity index (χ3n) is 3.04. The van der Waals surface area contributed by atoms with Crippen molar-refractivity contribution in [3.63, 3.8) is 0 Å². The number of hydrogen-bond acceptors (Lipinski definition) is 5. The first-order valence-corrected chi connectivity index (χ1v) is 8.04. The van der Waals surface area contributed by atoms with Crippen molar-refractivity contribution in [1.82, 2.24) is 9.97 Å². The van der Waals surface area contributed by atoms with Gasteiger partial charge in [0.05, 0.1) is 5.69 Å². The molecule has 0 radical (unpaired) electrons. The minimum absolute atomic E-state index is 0.0182. The molecule has 112 valence electrons. The summed E-state index contributed by atoms with van der Waals surface area (Å²) in [6, 6.07) is 5.68. The standard InChI is InChI=1S/C15H20N4OS/c16-9-5-2-1-3-8-14(20)19-15-18-13(11-21-15)12-7-4-6-10-17-12/h4,6-7,10-11H,1-3,5,8-9,16H2,(H,18,19,20). The zero-order chi connectivity index (χ0) is 14.9. The fraction of sp³-hybridized carbons (Fsp3) is 0.400. The molecule has 0 aliphatic heterocycles. The van der Waals surface area contributed by atoms with Gasteiger partial charge >= 0.3 is 0 Å². The molecule has 2 rings (SSSR count). The molecule has 2 aromatic heterocycles. The van der Waals surface area contributed by atoms with Crippen molar-refractivity contribution in [1.29, 1.82) is 0 Å². The number of hydrogen-bond donors (Lipinski definition) is 2. The molecule has 0 unspecified atom stereocenters. The Morgan fingerprint density at radius 2 is 2.05 bits per heavy atom. The molecule has 0 atom stereocenters. The second-order valence-electron chi connectivity index (χ2n) is 4.75. The Kier molecular flexibility index (Phi) is 6.30. The van der Waals surface area contributed by atoms with Gasteiger partial charge in [0, 0.05) is 18.0 Å². The van der Waals surface area contributed by atoms with E-state index in [0.717, 1.165) is 43.6 Å². The Hall–Kier alpha value is -1.79. The van der Waals surface area contributed by atoms with Crippen LogP contribution in [0.15, 0.2) is 29.8 Å². The summed E-state index contributed by atoms with van der Waals surface area (Å²) >= 11 is 1.42. The van der Waals surface area contributed by atoms with Gasteiger partial charge in [-0.1, -0.05) is 18.9 Å². The lowest BCUT2D eigenvalue weighted by atomic mass is 10.1. The molecule has 0 aromatic carbocycles. The Balaban J connectivity index is 1.78. The third-order valence-corrected chi connectivity index (χ3v) is 3.79. The predicted octanol–water partition coefficient (Wildman–Crippen LogP) is 3.05. The number of aromatic nitrogens is 2. The van der Waals surface area contributed by atoms with E-state index in [1.165, 1.54) is 11.3 Å². The molecule has 5 nitrogen and oxygen atoms in total. The molecule has 0 saturated heterocycles. The van der Waals surface area contributed by atoms with Gasteiger partial charge in [-0.25, -0.2) is 4.98 Å². The van der Waals surface area contributed by atoms with Crippen LogP contribution < -0.4 is 11.1 Å². The third kappa shape index (κ3) is 5.24. The summed E-state index contributed by atoms with van der Waals surface area (Å²) in [7, 11) is 0. The number of thiazole rings is 1. The number of pyridine rings is 1. The average molecular weight is 304 g/mol. The van der Waals surface area contributed by atoms with Crippen molar-refractivity contribution in [2.45, 2.75) is 32.1 Å². The van der Waals surface area contributed by atoms with Crippen LogP contribution in [0.4, 0.5) is 5.13 Å². The van der Waals surface area contributed by atoms with Crippen molar-refractivity contribution in [3.8, 4) is 11.4 Å². The van der Waals surface area contributed by atoms with E-state index in [4.69, 9.17) is 5.73 Å². The average Bonchev–Trinajstić information content (AvgIpc) is 2.96. The van der Waals surface area contributed by atoms with E-state index in [9.17, 15) is 4.79 Å². The largest absolute Gasteiger partial charge is 0.330 e. The van der Waals surface area contributed by atoms with Crippen molar-refractivity contribution < 1.29 is 4.79 Å². The molecule has 0 aliphatic carbocycles. The maximum absolute atomic E-state index is 11.8. The number of carbonyl (C=O) groups excluding carboxylic acids is 1. The van der Waals surface area contributed by atoms with Crippen LogP contribution >= 0.6 is 11.3 Å². The lowest BCUT2D eigenvalue weighted by molar-refractivity contribution is -0.116. The molecule has 0 bridgehead atoms. The van der Waals surface area contributed by atoms with Crippen LogP contribution in [-0.4, -0.2) is 22.4 Å². The van der Waals surface area contributed by atoms with E-state index in [2.05, 4.69) is 15.3 Å². The first kappa shape index (κ1) is 15.6. The van der Waals surface area contributed by atoms with Crippen LogP contribution in [0.25, 0.3) is 11.4 Å². The summed E-state index contributed by atoms with van der Waals surface area (Å²) in [5.74, 6) is 0.0182. The molecule has 2 heterocycles. The first-order chi connectivity index (χ1) is 10.3. The molecule has 0 fully saturated rings. The first-order valence-electron chi connectivity index (χ1n) is 7.16. The van der Waals surface area contributed by atoms with Crippen LogP contribution in [-0.2, 0) is 4.79 Å². The SMILES string of the molecule is NCCCCCCC(=O)Nc1nc(-c2ccccn2)cs1. The molecular weight excluding hydrogens is 284 g/mol.